The Kier molecular flexibility index (Phi) is 5.89. The second-order valence-electron chi connectivity index (χ2n) is 5.62. The Labute approximate surface area is 142 Å². The standard InChI is InChI=1S/C16H19F3N4O2/c1-10(2)14-7-13(25-23-14)9-22-15(20)21-8-11-3-5-12(6-4-11)24-16(17,18)19/h3-7,10H,8-9H2,1-2H3,(H3,20,21,22). The first kappa shape index (κ1) is 18.6. The molecule has 2 rings (SSSR count). The van der Waals surface area contributed by atoms with Crippen LogP contribution in [0.25, 0.3) is 0 Å². The summed E-state index contributed by atoms with van der Waals surface area (Å²) in [5, 5.41) is 6.82. The van der Waals surface area contributed by atoms with E-state index >= 15 is 0 Å². The molecule has 0 unspecified atom stereocenters. The zero-order valence-corrected chi connectivity index (χ0v) is 13.8. The number of guanidine groups is 1. The summed E-state index contributed by atoms with van der Waals surface area (Å²) in [6.07, 6.45) is -4.70. The van der Waals surface area contributed by atoms with E-state index < -0.39 is 6.36 Å². The van der Waals surface area contributed by atoms with Gasteiger partial charge in [0.25, 0.3) is 0 Å². The summed E-state index contributed by atoms with van der Waals surface area (Å²) in [5.74, 6) is 0.819. The van der Waals surface area contributed by atoms with Crippen molar-refractivity contribution in [1.29, 1.82) is 0 Å². The van der Waals surface area contributed by atoms with Crippen LogP contribution < -0.4 is 15.8 Å². The number of nitrogens with one attached hydrogen (secondary N) is 1. The third-order valence-electron chi connectivity index (χ3n) is 3.20. The van der Waals surface area contributed by atoms with Gasteiger partial charge >= 0.3 is 6.36 Å². The molecule has 6 nitrogen and oxygen atoms in total. The molecule has 0 atom stereocenters. The van der Waals surface area contributed by atoms with Crippen molar-refractivity contribution in [3.63, 3.8) is 0 Å². The molecule has 25 heavy (non-hydrogen) atoms. The molecule has 0 aliphatic rings. The molecule has 0 aliphatic heterocycles. The molecule has 0 radical (unpaired) electrons. The van der Waals surface area contributed by atoms with Gasteiger partial charge in [0.2, 0.25) is 0 Å². The molecule has 0 saturated carbocycles. The quantitative estimate of drug-likeness (QED) is 0.613. The highest BCUT2D eigenvalue weighted by molar-refractivity contribution is 5.77. The molecule has 0 bridgehead atoms. The van der Waals surface area contributed by atoms with E-state index in [0.29, 0.717) is 17.9 Å². The number of nitrogens with two attached hydrogens (primary N) is 1. The van der Waals surface area contributed by atoms with E-state index in [1.165, 1.54) is 24.3 Å². The average molecular weight is 356 g/mol. The van der Waals surface area contributed by atoms with Crippen LogP contribution >= 0.6 is 0 Å². The van der Waals surface area contributed by atoms with Crippen LogP contribution in [0.15, 0.2) is 39.8 Å². The van der Waals surface area contributed by atoms with Crippen LogP contribution in [0.2, 0.25) is 0 Å². The van der Waals surface area contributed by atoms with Crippen LogP contribution in [0.5, 0.6) is 5.75 Å². The fourth-order valence-electron chi connectivity index (χ4n) is 1.89. The first-order chi connectivity index (χ1) is 11.7. The molecule has 1 aromatic heterocycles. The number of nitrogens with zero attached hydrogens (tertiary/aromatic N) is 2. The van der Waals surface area contributed by atoms with E-state index in [0.717, 1.165) is 5.69 Å². The highest BCUT2D eigenvalue weighted by atomic mass is 19.4. The zero-order chi connectivity index (χ0) is 18.4. The molecule has 0 saturated heterocycles. The maximum atomic E-state index is 12.1. The van der Waals surface area contributed by atoms with Crippen molar-refractivity contribution in [3.8, 4) is 5.75 Å². The van der Waals surface area contributed by atoms with Crippen LogP contribution in [0.4, 0.5) is 13.2 Å². The summed E-state index contributed by atoms with van der Waals surface area (Å²) in [7, 11) is 0. The lowest BCUT2D eigenvalue weighted by Gasteiger charge is -2.09. The van der Waals surface area contributed by atoms with Gasteiger partial charge in [0.15, 0.2) is 11.7 Å². The summed E-state index contributed by atoms with van der Waals surface area (Å²) < 4.78 is 45.2. The van der Waals surface area contributed by atoms with Gasteiger partial charge in [0.1, 0.15) is 5.75 Å². The van der Waals surface area contributed by atoms with Crippen molar-refractivity contribution in [3.05, 3.63) is 47.3 Å². The third kappa shape index (κ3) is 6.36. The van der Waals surface area contributed by atoms with E-state index in [-0.39, 0.29) is 24.2 Å². The molecular weight excluding hydrogens is 337 g/mol. The zero-order valence-electron chi connectivity index (χ0n) is 13.8. The SMILES string of the molecule is CC(C)c1cc(CNC(N)=NCc2ccc(OC(F)(F)F)cc2)on1. The van der Waals surface area contributed by atoms with Crippen molar-refractivity contribution in [1.82, 2.24) is 10.5 Å². The molecule has 1 aromatic carbocycles. The predicted octanol–water partition coefficient (Wildman–Crippen LogP) is 3.30. The molecule has 1 heterocycles. The van der Waals surface area contributed by atoms with Crippen LogP contribution in [0, 0.1) is 0 Å². The molecular formula is C16H19F3N4O2. The highest BCUT2D eigenvalue weighted by Crippen LogP contribution is 2.22. The number of ether oxygens (including phenoxy) is 1. The van der Waals surface area contributed by atoms with Crippen LogP contribution in [0.3, 0.4) is 0 Å². The Morgan fingerprint density at radius 1 is 1.32 bits per heavy atom. The van der Waals surface area contributed by atoms with Gasteiger partial charge in [-0.3, -0.25) is 0 Å². The first-order valence-electron chi connectivity index (χ1n) is 7.57. The highest BCUT2D eigenvalue weighted by Gasteiger charge is 2.30. The average Bonchev–Trinajstić information content (AvgIpc) is 3.00. The Morgan fingerprint density at radius 3 is 2.56 bits per heavy atom. The number of hydrogen-bond acceptors (Lipinski definition) is 4. The van der Waals surface area contributed by atoms with Crippen molar-refractivity contribution >= 4 is 5.96 Å². The second kappa shape index (κ2) is 7.91. The minimum absolute atomic E-state index is 0.193. The van der Waals surface area contributed by atoms with Crippen LogP contribution in [-0.2, 0) is 13.1 Å². The second-order valence-corrected chi connectivity index (χ2v) is 5.62. The van der Waals surface area contributed by atoms with Gasteiger partial charge < -0.3 is 20.3 Å². The van der Waals surface area contributed by atoms with Gasteiger partial charge in [-0.05, 0) is 23.6 Å². The summed E-state index contributed by atoms with van der Waals surface area (Å²) in [6.45, 7) is 4.58. The van der Waals surface area contributed by atoms with E-state index in [1.807, 2.05) is 19.9 Å². The van der Waals surface area contributed by atoms with Crippen molar-refractivity contribution in [2.45, 2.75) is 39.2 Å². The third-order valence-corrected chi connectivity index (χ3v) is 3.20. The van der Waals surface area contributed by atoms with Gasteiger partial charge in [-0.15, -0.1) is 13.2 Å². The fourth-order valence-corrected chi connectivity index (χ4v) is 1.89. The number of benzene rings is 1. The maximum absolute atomic E-state index is 12.1. The maximum Gasteiger partial charge on any atom is 0.573 e. The van der Waals surface area contributed by atoms with E-state index in [4.69, 9.17) is 10.3 Å². The molecule has 0 fully saturated rings. The van der Waals surface area contributed by atoms with Gasteiger partial charge in [-0.25, -0.2) is 4.99 Å². The smallest absolute Gasteiger partial charge is 0.406 e. The molecule has 2 aromatic rings. The Bertz CT molecular complexity index is 709. The molecule has 0 spiro atoms. The molecule has 0 aliphatic carbocycles. The number of hydrogen-bond donors (Lipinski definition) is 2. The number of halogens is 3. The molecule has 9 heteroatoms. The van der Waals surface area contributed by atoms with Crippen molar-refractivity contribution in [2.75, 3.05) is 0 Å². The first-order valence-corrected chi connectivity index (χ1v) is 7.57. The topological polar surface area (TPSA) is 85.7 Å². The van der Waals surface area contributed by atoms with Gasteiger partial charge in [-0.1, -0.05) is 31.1 Å². The lowest BCUT2D eigenvalue weighted by molar-refractivity contribution is -0.274. The monoisotopic (exact) mass is 356 g/mol. The molecule has 0 amide bonds. The number of aliphatic imine (C=N–C) groups is 1. The number of aromatic nitrogens is 1. The number of rotatable bonds is 6. The lowest BCUT2D eigenvalue weighted by atomic mass is 10.1. The minimum atomic E-state index is -4.70. The van der Waals surface area contributed by atoms with Gasteiger partial charge in [-0.2, -0.15) is 0 Å². The van der Waals surface area contributed by atoms with E-state index in [1.54, 1.807) is 0 Å². The fraction of sp³-hybridized carbons (Fsp3) is 0.375. The van der Waals surface area contributed by atoms with E-state index in [9.17, 15) is 13.2 Å². The van der Waals surface area contributed by atoms with Gasteiger partial charge in [0, 0.05) is 6.07 Å². The van der Waals surface area contributed by atoms with Crippen molar-refractivity contribution in [2.24, 2.45) is 10.7 Å². The summed E-state index contributed by atoms with van der Waals surface area (Å²) in [5.41, 5.74) is 7.30. The Hall–Kier alpha value is -2.71. The lowest BCUT2D eigenvalue weighted by Crippen LogP contribution is -2.31. The summed E-state index contributed by atoms with van der Waals surface area (Å²) >= 11 is 0. The Balaban J connectivity index is 1.83. The normalized spacial score (nSPS) is 12.5. The predicted molar refractivity (Wildman–Crippen MR) is 85.9 cm³/mol. The van der Waals surface area contributed by atoms with E-state index in [2.05, 4.69) is 20.2 Å². The molecule has 3 N–H and O–H groups in total. The van der Waals surface area contributed by atoms with Gasteiger partial charge in [0.05, 0.1) is 18.8 Å². The number of alkyl halides is 3. The van der Waals surface area contributed by atoms with Crippen LogP contribution in [-0.4, -0.2) is 17.5 Å². The Morgan fingerprint density at radius 2 is 2.00 bits per heavy atom. The van der Waals surface area contributed by atoms with Crippen molar-refractivity contribution < 1.29 is 22.4 Å². The molecule has 136 valence electrons. The largest absolute Gasteiger partial charge is 0.573 e. The minimum Gasteiger partial charge on any atom is -0.406 e. The van der Waals surface area contributed by atoms with Crippen LogP contribution in [0.1, 0.15) is 36.8 Å². The summed E-state index contributed by atoms with van der Waals surface area (Å²) in [4.78, 5) is 4.11. The summed E-state index contributed by atoms with van der Waals surface area (Å²) in [6, 6.07) is 7.27.